The summed E-state index contributed by atoms with van der Waals surface area (Å²) >= 11 is 0. The van der Waals surface area contributed by atoms with Crippen LogP contribution in [0.2, 0.25) is 0 Å². The van der Waals surface area contributed by atoms with Gasteiger partial charge in [-0.1, -0.05) is 67.2 Å². The van der Waals surface area contributed by atoms with Crippen molar-refractivity contribution in [1.82, 2.24) is 0 Å². The molecule has 1 atom stereocenters. The van der Waals surface area contributed by atoms with Crippen molar-refractivity contribution >= 4 is 0 Å². The Labute approximate surface area is 111 Å². The maximum Gasteiger partial charge on any atom is -0.0386 e. The molecule has 1 saturated carbocycles. The summed E-state index contributed by atoms with van der Waals surface area (Å²) in [6.45, 7) is 13.5. The summed E-state index contributed by atoms with van der Waals surface area (Å²) in [5.74, 6) is 3.98. The molecular formula is C17H36. The van der Waals surface area contributed by atoms with E-state index in [-0.39, 0.29) is 0 Å². The molecule has 0 aromatic carbocycles. The first-order valence-corrected chi connectivity index (χ1v) is 8.13. The molecule has 17 heavy (non-hydrogen) atoms. The van der Waals surface area contributed by atoms with Crippen LogP contribution < -0.4 is 0 Å². The minimum absolute atomic E-state index is 0.890. The van der Waals surface area contributed by atoms with E-state index in [1.165, 1.54) is 44.9 Å². The van der Waals surface area contributed by atoms with Gasteiger partial charge in [-0.3, -0.25) is 0 Å². The normalized spacial score (nSPS) is 26.3. The molecule has 0 spiro atoms. The number of hydrogen-bond acceptors (Lipinski definition) is 0. The van der Waals surface area contributed by atoms with Crippen LogP contribution in [0.15, 0.2) is 0 Å². The van der Waals surface area contributed by atoms with Crippen molar-refractivity contribution in [3.8, 4) is 0 Å². The summed E-state index contributed by atoms with van der Waals surface area (Å²) in [6, 6.07) is 0. The van der Waals surface area contributed by atoms with E-state index >= 15 is 0 Å². The third kappa shape index (κ3) is 7.11. The molecule has 1 fully saturated rings. The summed E-state index contributed by atoms with van der Waals surface area (Å²) in [4.78, 5) is 0. The molecule has 0 aromatic rings. The third-order valence-corrected chi connectivity index (χ3v) is 4.37. The van der Waals surface area contributed by atoms with Gasteiger partial charge >= 0.3 is 0 Å². The molecule has 0 bridgehead atoms. The highest BCUT2D eigenvalue weighted by Gasteiger charge is 2.24. The van der Waals surface area contributed by atoms with Crippen LogP contribution in [0.3, 0.4) is 0 Å². The molecular weight excluding hydrogens is 204 g/mol. The minimum Gasteiger partial charge on any atom is -0.0683 e. The lowest BCUT2D eigenvalue weighted by Crippen LogP contribution is -2.20. The molecule has 0 aliphatic heterocycles. The molecule has 1 rings (SSSR count). The summed E-state index contributed by atoms with van der Waals surface area (Å²) in [5, 5.41) is 0. The Kier molecular flexibility index (Phi) is 9.97. The van der Waals surface area contributed by atoms with Gasteiger partial charge in [-0.15, -0.1) is 0 Å². The number of rotatable bonds is 5. The van der Waals surface area contributed by atoms with Crippen LogP contribution in [-0.2, 0) is 0 Å². The van der Waals surface area contributed by atoms with Crippen LogP contribution in [0, 0.1) is 23.7 Å². The van der Waals surface area contributed by atoms with Crippen LogP contribution in [0.1, 0.15) is 86.5 Å². The monoisotopic (exact) mass is 240 g/mol. The van der Waals surface area contributed by atoms with E-state index in [9.17, 15) is 0 Å². The van der Waals surface area contributed by atoms with E-state index in [0.717, 1.165) is 23.7 Å². The second kappa shape index (κ2) is 9.97. The van der Waals surface area contributed by atoms with Gasteiger partial charge in [-0.25, -0.2) is 0 Å². The fourth-order valence-corrected chi connectivity index (χ4v) is 3.08. The Balaban J connectivity index is 0.00000121. The quantitative estimate of drug-likeness (QED) is 0.529. The molecule has 1 aliphatic carbocycles. The first-order chi connectivity index (χ1) is 8.13. The average Bonchev–Trinajstić information content (AvgIpc) is 2.34. The lowest BCUT2D eigenvalue weighted by molar-refractivity contribution is 0.192. The van der Waals surface area contributed by atoms with Gasteiger partial charge in [0.05, 0.1) is 0 Å². The molecule has 0 saturated heterocycles. The van der Waals surface area contributed by atoms with Crippen molar-refractivity contribution < 1.29 is 0 Å². The Morgan fingerprint density at radius 3 is 1.88 bits per heavy atom. The first-order valence-electron chi connectivity index (χ1n) is 8.13. The Bertz CT molecular complexity index is 151. The van der Waals surface area contributed by atoms with E-state index in [0.29, 0.717) is 0 Å². The van der Waals surface area contributed by atoms with E-state index in [1.54, 1.807) is 0 Å². The zero-order valence-corrected chi connectivity index (χ0v) is 13.3. The van der Waals surface area contributed by atoms with Gasteiger partial charge in [-0.2, -0.15) is 0 Å². The predicted molar refractivity (Wildman–Crippen MR) is 80.3 cm³/mol. The van der Waals surface area contributed by atoms with Crippen LogP contribution in [0.25, 0.3) is 0 Å². The van der Waals surface area contributed by atoms with Crippen molar-refractivity contribution in [2.75, 3.05) is 0 Å². The highest BCUT2D eigenvalue weighted by atomic mass is 14.3. The van der Waals surface area contributed by atoms with E-state index in [1.807, 2.05) is 13.8 Å². The zero-order chi connectivity index (χ0) is 13.3. The predicted octanol–water partition coefficient (Wildman–Crippen LogP) is 6.30. The van der Waals surface area contributed by atoms with Crippen molar-refractivity contribution in [1.29, 1.82) is 0 Å². The van der Waals surface area contributed by atoms with E-state index in [2.05, 4.69) is 27.7 Å². The van der Waals surface area contributed by atoms with Crippen LogP contribution >= 0.6 is 0 Å². The molecule has 0 nitrogen and oxygen atoms in total. The molecule has 104 valence electrons. The molecule has 0 heterocycles. The topological polar surface area (TPSA) is 0 Å². The molecule has 0 radical (unpaired) electrons. The third-order valence-electron chi connectivity index (χ3n) is 4.37. The maximum atomic E-state index is 2.42. The Morgan fingerprint density at radius 1 is 0.941 bits per heavy atom. The standard InChI is InChI=1S/C15H30.C2H6/c1-5-14(9-6-12(2)3)15-10-7-13(4)8-11-15;1-2/h12-15H,5-11H2,1-4H3;1-2H3. The average molecular weight is 240 g/mol. The second-order valence-electron chi connectivity index (χ2n) is 6.16. The fourth-order valence-electron chi connectivity index (χ4n) is 3.08. The van der Waals surface area contributed by atoms with Crippen molar-refractivity contribution in [3.63, 3.8) is 0 Å². The highest BCUT2D eigenvalue weighted by Crippen LogP contribution is 2.36. The van der Waals surface area contributed by atoms with Crippen LogP contribution in [-0.4, -0.2) is 0 Å². The van der Waals surface area contributed by atoms with Crippen molar-refractivity contribution in [2.45, 2.75) is 86.5 Å². The Hall–Kier alpha value is 0. The fraction of sp³-hybridized carbons (Fsp3) is 1.00. The smallest absolute Gasteiger partial charge is 0.0386 e. The maximum absolute atomic E-state index is 2.42. The molecule has 0 amide bonds. The minimum atomic E-state index is 0.890. The first kappa shape index (κ1) is 17.0. The zero-order valence-electron chi connectivity index (χ0n) is 13.3. The molecule has 0 heteroatoms. The van der Waals surface area contributed by atoms with Crippen LogP contribution in [0.5, 0.6) is 0 Å². The second-order valence-corrected chi connectivity index (χ2v) is 6.16. The van der Waals surface area contributed by atoms with Gasteiger partial charge in [0.2, 0.25) is 0 Å². The highest BCUT2D eigenvalue weighted by molar-refractivity contribution is 4.76. The largest absolute Gasteiger partial charge is 0.0683 e. The summed E-state index contributed by atoms with van der Waals surface area (Å²) in [6.07, 6.45) is 10.3. The summed E-state index contributed by atoms with van der Waals surface area (Å²) < 4.78 is 0. The van der Waals surface area contributed by atoms with Gasteiger partial charge in [-0.05, 0) is 42.9 Å². The molecule has 1 aliphatic rings. The molecule has 1 unspecified atom stereocenters. The number of hydrogen-bond donors (Lipinski definition) is 0. The van der Waals surface area contributed by atoms with Gasteiger partial charge in [0.15, 0.2) is 0 Å². The van der Waals surface area contributed by atoms with Gasteiger partial charge in [0, 0.05) is 0 Å². The van der Waals surface area contributed by atoms with Crippen molar-refractivity contribution in [2.24, 2.45) is 23.7 Å². The van der Waals surface area contributed by atoms with Crippen molar-refractivity contribution in [3.05, 3.63) is 0 Å². The molecule has 0 aromatic heterocycles. The SMILES string of the molecule is CC.CCC(CCC(C)C)C1CCC(C)CC1. The van der Waals surface area contributed by atoms with Gasteiger partial charge in [0.1, 0.15) is 0 Å². The van der Waals surface area contributed by atoms with Gasteiger partial charge in [0.25, 0.3) is 0 Å². The Morgan fingerprint density at radius 2 is 1.47 bits per heavy atom. The lowest BCUT2D eigenvalue weighted by atomic mass is 9.73. The summed E-state index contributed by atoms with van der Waals surface area (Å²) in [7, 11) is 0. The van der Waals surface area contributed by atoms with E-state index in [4.69, 9.17) is 0 Å². The van der Waals surface area contributed by atoms with Gasteiger partial charge < -0.3 is 0 Å². The lowest BCUT2D eigenvalue weighted by Gasteiger charge is -2.32. The van der Waals surface area contributed by atoms with E-state index < -0.39 is 0 Å². The summed E-state index contributed by atoms with van der Waals surface area (Å²) in [5.41, 5.74) is 0. The molecule has 0 N–H and O–H groups in total. The van der Waals surface area contributed by atoms with Crippen LogP contribution in [0.4, 0.5) is 0 Å².